The summed E-state index contributed by atoms with van der Waals surface area (Å²) in [5.41, 5.74) is 4.83. The Bertz CT molecular complexity index is 1280. The Balaban J connectivity index is 1.15. The van der Waals surface area contributed by atoms with E-state index in [9.17, 15) is 9.90 Å². The van der Waals surface area contributed by atoms with Crippen molar-refractivity contribution in [3.8, 4) is 0 Å². The first kappa shape index (κ1) is 25.8. The van der Waals surface area contributed by atoms with Crippen LogP contribution in [0.4, 0.5) is 0 Å². The fourth-order valence-electron chi connectivity index (χ4n) is 7.09. The van der Waals surface area contributed by atoms with Crippen molar-refractivity contribution in [1.29, 1.82) is 0 Å². The van der Waals surface area contributed by atoms with E-state index in [1.165, 1.54) is 36.1 Å². The molecule has 1 N–H and O–H groups in total. The zero-order valence-corrected chi connectivity index (χ0v) is 23.1. The number of benzene rings is 1. The first-order valence-electron chi connectivity index (χ1n) is 14.3. The molecule has 1 saturated carbocycles. The van der Waals surface area contributed by atoms with Crippen LogP contribution in [0, 0.1) is 18.8 Å². The number of halogens is 1. The molecule has 1 aliphatic carbocycles. The lowest BCUT2D eigenvalue weighted by molar-refractivity contribution is -0.144. The highest BCUT2D eigenvalue weighted by atomic mass is 35.5. The lowest BCUT2D eigenvalue weighted by Crippen LogP contribution is -2.43. The summed E-state index contributed by atoms with van der Waals surface area (Å²) in [4.78, 5) is 21.9. The standard InChI is InChI=1S/C31H39ClN4O2/c1-21-4-2-7-24(14-21)27-20-35(28(31(37)38)15-22-5-3-6-22)19-25(27)18-34-11-8-23(9-12-34)29-17-33-30-16-26(32)10-13-36(29)30/h2,4,7,10,13-14,16-17,22-23,25,27-28H,3,5-6,8-9,11-12,15,18-20H2,1H3,(H,37,38)/t25-,27+,28+/m0/s1. The number of piperidine rings is 1. The van der Waals surface area contributed by atoms with Crippen molar-refractivity contribution in [3.63, 3.8) is 0 Å². The monoisotopic (exact) mass is 534 g/mol. The van der Waals surface area contributed by atoms with Crippen molar-refractivity contribution in [3.05, 3.63) is 70.6 Å². The summed E-state index contributed by atoms with van der Waals surface area (Å²) in [7, 11) is 0. The molecule has 6 rings (SSSR count). The molecular formula is C31H39ClN4O2. The van der Waals surface area contributed by atoms with Gasteiger partial charge in [0, 0.05) is 54.6 Å². The molecule has 1 aromatic carbocycles. The fourth-order valence-corrected chi connectivity index (χ4v) is 7.25. The van der Waals surface area contributed by atoms with Gasteiger partial charge in [-0.25, -0.2) is 4.98 Å². The third-order valence-electron chi connectivity index (χ3n) is 9.45. The minimum Gasteiger partial charge on any atom is -0.480 e. The van der Waals surface area contributed by atoms with Gasteiger partial charge in [-0.1, -0.05) is 60.7 Å². The van der Waals surface area contributed by atoms with Gasteiger partial charge in [-0.2, -0.15) is 0 Å². The molecule has 3 fully saturated rings. The smallest absolute Gasteiger partial charge is 0.320 e. The minimum absolute atomic E-state index is 0.355. The zero-order chi connectivity index (χ0) is 26.2. The molecule has 2 aromatic heterocycles. The second-order valence-corrected chi connectivity index (χ2v) is 12.4. The molecule has 7 heteroatoms. The molecule has 2 aliphatic heterocycles. The average Bonchev–Trinajstić information content (AvgIpc) is 3.47. The van der Waals surface area contributed by atoms with E-state index in [2.05, 4.69) is 50.4 Å². The van der Waals surface area contributed by atoms with Gasteiger partial charge in [0.2, 0.25) is 0 Å². The van der Waals surface area contributed by atoms with Gasteiger partial charge in [-0.3, -0.25) is 9.69 Å². The van der Waals surface area contributed by atoms with Crippen molar-refractivity contribution in [2.45, 2.75) is 63.3 Å². The molecule has 0 amide bonds. The number of carboxylic acid groups (broad SMARTS) is 1. The van der Waals surface area contributed by atoms with Crippen molar-refractivity contribution in [2.75, 3.05) is 32.7 Å². The molecule has 4 heterocycles. The lowest BCUT2D eigenvalue weighted by atomic mass is 9.80. The third kappa shape index (κ3) is 5.36. The number of imidazole rings is 1. The molecule has 6 nitrogen and oxygen atoms in total. The first-order valence-corrected chi connectivity index (χ1v) is 14.7. The molecule has 0 unspecified atom stereocenters. The number of carboxylic acids is 1. The van der Waals surface area contributed by atoms with Crippen LogP contribution in [0.15, 0.2) is 48.8 Å². The highest BCUT2D eigenvalue weighted by Gasteiger charge is 2.41. The van der Waals surface area contributed by atoms with Crippen LogP contribution in [0.25, 0.3) is 5.65 Å². The van der Waals surface area contributed by atoms with Gasteiger partial charge < -0.3 is 14.4 Å². The number of aryl methyl sites for hydroxylation is 1. The molecule has 0 bridgehead atoms. The van der Waals surface area contributed by atoms with Gasteiger partial charge in [0.25, 0.3) is 0 Å². The van der Waals surface area contributed by atoms with Crippen LogP contribution >= 0.6 is 11.6 Å². The van der Waals surface area contributed by atoms with E-state index in [1.54, 1.807) is 0 Å². The van der Waals surface area contributed by atoms with E-state index in [-0.39, 0.29) is 6.04 Å². The Hall–Kier alpha value is -2.41. The average molecular weight is 535 g/mol. The van der Waals surface area contributed by atoms with Crippen molar-refractivity contribution in [1.82, 2.24) is 19.2 Å². The molecular weight excluding hydrogens is 496 g/mol. The fraction of sp³-hybridized carbons (Fsp3) is 0.548. The number of hydrogen-bond acceptors (Lipinski definition) is 4. The third-order valence-corrected chi connectivity index (χ3v) is 9.68. The highest BCUT2D eigenvalue weighted by Crippen LogP contribution is 2.39. The van der Waals surface area contributed by atoms with Gasteiger partial charge in [0.05, 0.1) is 0 Å². The highest BCUT2D eigenvalue weighted by molar-refractivity contribution is 6.30. The van der Waals surface area contributed by atoms with Crippen molar-refractivity contribution < 1.29 is 9.90 Å². The van der Waals surface area contributed by atoms with Gasteiger partial charge in [0.15, 0.2) is 0 Å². The number of aliphatic carboxylic acids is 1. The van der Waals surface area contributed by atoms with E-state index in [4.69, 9.17) is 11.6 Å². The summed E-state index contributed by atoms with van der Waals surface area (Å²) >= 11 is 6.16. The maximum atomic E-state index is 12.3. The summed E-state index contributed by atoms with van der Waals surface area (Å²) in [5.74, 6) is 1.25. The number of rotatable bonds is 8. The SMILES string of the molecule is Cc1cccc([C@H]2CN([C@H](CC3CCC3)C(=O)O)C[C@@H]2CN2CCC(c3cnc4cc(Cl)ccn34)CC2)c1. The Kier molecular flexibility index (Phi) is 7.48. The van der Waals surface area contributed by atoms with Crippen LogP contribution in [0.5, 0.6) is 0 Å². The van der Waals surface area contributed by atoms with E-state index < -0.39 is 5.97 Å². The maximum Gasteiger partial charge on any atom is 0.320 e. The van der Waals surface area contributed by atoms with Gasteiger partial charge in [0.1, 0.15) is 11.7 Å². The second-order valence-electron chi connectivity index (χ2n) is 12.0. The molecule has 3 aliphatic rings. The van der Waals surface area contributed by atoms with Crippen molar-refractivity contribution in [2.24, 2.45) is 11.8 Å². The van der Waals surface area contributed by atoms with Gasteiger partial charge in [-0.05, 0) is 68.8 Å². The summed E-state index contributed by atoms with van der Waals surface area (Å²) in [6, 6.07) is 12.4. The molecule has 0 radical (unpaired) electrons. The molecule has 202 valence electrons. The maximum absolute atomic E-state index is 12.3. The predicted octanol–water partition coefficient (Wildman–Crippen LogP) is 5.83. The first-order chi connectivity index (χ1) is 18.4. The Labute approximate surface area is 230 Å². The predicted molar refractivity (Wildman–Crippen MR) is 151 cm³/mol. The number of likely N-dealkylation sites (tertiary alicyclic amines) is 2. The number of nitrogens with zero attached hydrogens (tertiary/aromatic N) is 4. The summed E-state index contributed by atoms with van der Waals surface area (Å²) < 4.78 is 2.18. The van der Waals surface area contributed by atoms with Crippen LogP contribution in [0.2, 0.25) is 5.02 Å². The largest absolute Gasteiger partial charge is 0.480 e. The molecule has 38 heavy (non-hydrogen) atoms. The number of pyridine rings is 1. The second kappa shape index (κ2) is 11.0. The Morgan fingerprint density at radius 1 is 1.13 bits per heavy atom. The Morgan fingerprint density at radius 3 is 2.66 bits per heavy atom. The van der Waals surface area contributed by atoms with Crippen LogP contribution < -0.4 is 0 Å². The molecule has 0 spiro atoms. The summed E-state index contributed by atoms with van der Waals surface area (Å²) in [5, 5.41) is 10.9. The van der Waals surface area contributed by atoms with E-state index >= 15 is 0 Å². The van der Waals surface area contributed by atoms with Crippen molar-refractivity contribution >= 4 is 23.2 Å². The van der Waals surface area contributed by atoms with Gasteiger partial charge >= 0.3 is 5.97 Å². The normalized spacial score (nSPS) is 24.6. The number of hydrogen-bond donors (Lipinski definition) is 1. The van der Waals surface area contributed by atoms with Crippen LogP contribution in [-0.4, -0.2) is 69.0 Å². The van der Waals surface area contributed by atoms with Gasteiger partial charge in [-0.15, -0.1) is 0 Å². The lowest BCUT2D eigenvalue weighted by Gasteiger charge is -2.35. The Morgan fingerprint density at radius 2 is 1.95 bits per heavy atom. The number of carbonyl (C=O) groups is 1. The summed E-state index contributed by atoms with van der Waals surface area (Å²) in [6.07, 6.45) is 10.7. The van der Waals surface area contributed by atoms with E-state index in [1.807, 2.05) is 24.5 Å². The number of aromatic nitrogens is 2. The van der Waals surface area contributed by atoms with Crippen LogP contribution in [0.1, 0.15) is 67.2 Å². The number of fused-ring (bicyclic) bond motifs is 1. The van der Waals surface area contributed by atoms with E-state index in [0.29, 0.717) is 23.7 Å². The van der Waals surface area contributed by atoms with E-state index in [0.717, 1.165) is 62.7 Å². The zero-order valence-electron chi connectivity index (χ0n) is 22.3. The minimum atomic E-state index is -0.643. The summed E-state index contributed by atoms with van der Waals surface area (Å²) in [6.45, 7) is 7.02. The quantitative estimate of drug-likeness (QED) is 0.394. The topological polar surface area (TPSA) is 61.1 Å². The molecule has 3 atom stereocenters. The molecule has 2 saturated heterocycles. The molecule has 3 aromatic rings. The van der Waals surface area contributed by atoms with Crippen LogP contribution in [-0.2, 0) is 4.79 Å². The van der Waals surface area contributed by atoms with Crippen LogP contribution in [0.3, 0.4) is 0 Å².